The highest BCUT2D eigenvalue weighted by Gasteiger charge is 2.21. The van der Waals surface area contributed by atoms with E-state index in [0.717, 1.165) is 34.8 Å². The van der Waals surface area contributed by atoms with Crippen LogP contribution in [0.15, 0.2) is 42.5 Å². The Kier molecular flexibility index (Phi) is 6.14. The second-order valence-corrected chi connectivity index (χ2v) is 7.40. The maximum Gasteiger partial charge on any atom is 0.251 e. The molecule has 0 aromatic heterocycles. The lowest BCUT2D eigenvalue weighted by Gasteiger charge is -2.21. The molecule has 5 nitrogen and oxygen atoms in total. The first-order valence-electron chi connectivity index (χ1n) is 9.13. The highest BCUT2D eigenvalue weighted by molar-refractivity contribution is 6.31. The van der Waals surface area contributed by atoms with Crippen molar-refractivity contribution in [3.8, 4) is 11.1 Å². The molecule has 1 unspecified atom stereocenters. The Labute approximate surface area is 164 Å². The first-order valence-corrected chi connectivity index (χ1v) is 9.51. The summed E-state index contributed by atoms with van der Waals surface area (Å²) in [5.41, 5.74) is 8.49. The maximum absolute atomic E-state index is 12.1. The Morgan fingerprint density at radius 3 is 2.67 bits per heavy atom. The van der Waals surface area contributed by atoms with E-state index in [4.69, 9.17) is 17.3 Å². The predicted octanol–water partition coefficient (Wildman–Crippen LogP) is 3.21. The molecule has 1 atom stereocenters. The van der Waals surface area contributed by atoms with Gasteiger partial charge in [-0.1, -0.05) is 35.9 Å². The van der Waals surface area contributed by atoms with Gasteiger partial charge < -0.3 is 11.1 Å². The molecular formula is C21H24ClN3O2. The van der Waals surface area contributed by atoms with E-state index >= 15 is 0 Å². The minimum Gasteiger partial charge on any atom is -0.368 e. The Balaban J connectivity index is 1.76. The summed E-state index contributed by atoms with van der Waals surface area (Å²) in [6, 6.07) is 13.8. The molecule has 0 bridgehead atoms. The number of hydrogen-bond acceptors (Lipinski definition) is 3. The van der Waals surface area contributed by atoms with E-state index in [9.17, 15) is 9.59 Å². The summed E-state index contributed by atoms with van der Waals surface area (Å²) in [4.78, 5) is 25.4. The van der Waals surface area contributed by atoms with Crippen LogP contribution in [0, 0.1) is 0 Å². The highest BCUT2D eigenvalue weighted by Crippen LogP contribution is 2.29. The number of hydrogen-bond donors (Lipinski definition) is 2. The third-order valence-electron chi connectivity index (χ3n) is 5.00. The van der Waals surface area contributed by atoms with Gasteiger partial charge in [-0.05, 0) is 61.2 Å². The Bertz CT molecular complexity index is 853. The number of amides is 2. The molecule has 2 aromatic rings. The number of halogens is 1. The molecule has 142 valence electrons. The average molecular weight is 386 g/mol. The van der Waals surface area contributed by atoms with Gasteiger partial charge in [-0.3, -0.25) is 14.5 Å². The summed E-state index contributed by atoms with van der Waals surface area (Å²) >= 11 is 6.54. The first kappa shape index (κ1) is 19.4. The first-order chi connectivity index (χ1) is 12.9. The van der Waals surface area contributed by atoms with Crippen molar-refractivity contribution in [3.63, 3.8) is 0 Å². The second kappa shape index (κ2) is 8.55. The minimum absolute atomic E-state index is 0.182. The van der Waals surface area contributed by atoms with Gasteiger partial charge in [-0.25, -0.2) is 0 Å². The predicted molar refractivity (Wildman–Crippen MR) is 108 cm³/mol. The maximum atomic E-state index is 12.1. The number of nitrogens with zero attached hydrogens (tertiary/aromatic N) is 1. The van der Waals surface area contributed by atoms with Gasteiger partial charge in [0.2, 0.25) is 5.91 Å². The van der Waals surface area contributed by atoms with E-state index in [2.05, 4.69) is 23.2 Å². The Morgan fingerprint density at radius 1 is 1.22 bits per heavy atom. The summed E-state index contributed by atoms with van der Waals surface area (Å²) in [6.07, 6.45) is 2.47. The lowest BCUT2D eigenvalue weighted by atomic mass is 10.0. The standard InChI is InChI=1S/C21H24ClN3O2/c1-14-4-3-9-25(14)13-18-8-7-16(11-19(18)22)15-5-2-6-17(10-15)21(27)24-12-20(23)26/h2,5-8,10-11,14H,3-4,9,12-13H2,1H3,(H2,23,26)(H,24,27). The van der Waals surface area contributed by atoms with Crippen molar-refractivity contribution in [2.75, 3.05) is 13.1 Å². The summed E-state index contributed by atoms with van der Waals surface area (Å²) in [5, 5.41) is 3.23. The minimum atomic E-state index is -0.575. The smallest absolute Gasteiger partial charge is 0.251 e. The number of rotatable bonds is 6. The number of likely N-dealkylation sites (tertiary alicyclic amines) is 1. The second-order valence-electron chi connectivity index (χ2n) is 7.00. The van der Waals surface area contributed by atoms with Crippen molar-refractivity contribution in [2.24, 2.45) is 5.73 Å². The summed E-state index contributed by atoms with van der Waals surface area (Å²) in [6.45, 7) is 4.04. The third kappa shape index (κ3) is 4.87. The van der Waals surface area contributed by atoms with E-state index in [1.165, 1.54) is 12.8 Å². The number of primary amides is 1. The van der Waals surface area contributed by atoms with Crippen molar-refractivity contribution >= 4 is 23.4 Å². The fourth-order valence-corrected chi connectivity index (χ4v) is 3.65. The molecule has 1 fully saturated rings. The van der Waals surface area contributed by atoms with Crippen molar-refractivity contribution < 1.29 is 9.59 Å². The van der Waals surface area contributed by atoms with E-state index in [1.54, 1.807) is 12.1 Å². The van der Waals surface area contributed by atoms with Gasteiger partial charge in [0.05, 0.1) is 6.54 Å². The van der Waals surface area contributed by atoms with Gasteiger partial charge in [0.25, 0.3) is 5.91 Å². The third-order valence-corrected chi connectivity index (χ3v) is 5.35. The van der Waals surface area contributed by atoms with Gasteiger partial charge in [0.1, 0.15) is 0 Å². The zero-order chi connectivity index (χ0) is 19.4. The fourth-order valence-electron chi connectivity index (χ4n) is 3.41. The molecular weight excluding hydrogens is 362 g/mol. The number of nitrogens with two attached hydrogens (primary N) is 1. The molecule has 0 saturated carbocycles. The van der Waals surface area contributed by atoms with E-state index in [0.29, 0.717) is 11.6 Å². The molecule has 0 spiro atoms. The number of benzene rings is 2. The van der Waals surface area contributed by atoms with Crippen LogP contribution in [0.25, 0.3) is 11.1 Å². The summed E-state index contributed by atoms with van der Waals surface area (Å²) in [5.74, 6) is -0.907. The Morgan fingerprint density at radius 2 is 2.00 bits per heavy atom. The normalized spacial score (nSPS) is 17.0. The van der Waals surface area contributed by atoms with E-state index in [1.807, 2.05) is 24.3 Å². The van der Waals surface area contributed by atoms with Gasteiger partial charge in [0.15, 0.2) is 0 Å². The fraction of sp³-hybridized carbons (Fsp3) is 0.333. The van der Waals surface area contributed by atoms with Crippen LogP contribution in [-0.2, 0) is 11.3 Å². The number of nitrogens with one attached hydrogen (secondary N) is 1. The Hall–Kier alpha value is -2.37. The van der Waals surface area contributed by atoms with Gasteiger partial charge in [0, 0.05) is 23.2 Å². The van der Waals surface area contributed by atoms with E-state index in [-0.39, 0.29) is 12.5 Å². The SMILES string of the molecule is CC1CCCN1Cc1ccc(-c2cccc(C(=O)NCC(N)=O)c2)cc1Cl. The van der Waals surface area contributed by atoms with Crippen molar-refractivity contribution in [2.45, 2.75) is 32.4 Å². The van der Waals surface area contributed by atoms with Crippen LogP contribution >= 0.6 is 11.6 Å². The average Bonchev–Trinajstić information content (AvgIpc) is 3.06. The van der Waals surface area contributed by atoms with Crippen LogP contribution < -0.4 is 11.1 Å². The van der Waals surface area contributed by atoms with Crippen molar-refractivity contribution in [1.29, 1.82) is 0 Å². The van der Waals surface area contributed by atoms with Gasteiger partial charge >= 0.3 is 0 Å². The molecule has 1 heterocycles. The summed E-state index contributed by atoms with van der Waals surface area (Å²) in [7, 11) is 0. The molecule has 1 aliphatic rings. The van der Waals surface area contributed by atoms with Crippen LogP contribution in [-0.4, -0.2) is 35.8 Å². The van der Waals surface area contributed by atoms with Gasteiger partial charge in [-0.15, -0.1) is 0 Å². The lowest BCUT2D eigenvalue weighted by molar-refractivity contribution is -0.117. The number of carbonyl (C=O) groups excluding carboxylic acids is 2. The largest absolute Gasteiger partial charge is 0.368 e. The molecule has 1 saturated heterocycles. The van der Waals surface area contributed by atoms with Crippen LogP contribution in [0.2, 0.25) is 5.02 Å². The lowest BCUT2D eigenvalue weighted by Crippen LogP contribution is -2.33. The topological polar surface area (TPSA) is 75.4 Å². The van der Waals surface area contributed by atoms with Gasteiger partial charge in [-0.2, -0.15) is 0 Å². The molecule has 0 aliphatic carbocycles. The molecule has 2 aromatic carbocycles. The summed E-state index contributed by atoms with van der Waals surface area (Å²) < 4.78 is 0. The molecule has 1 aliphatic heterocycles. The quantitative estimate of drug-likeness (QED) is 0.801. The molecule has 6 heteroatoms. The van der Waals surface area contributed by atoms with Crippen LogP contribution in [0.3, 0.4) is 0 Å². The van der Waals surface area contributed by atoms with Crippen LogP contribution in [0.4, 0.5) is 0 Å². The monoisotopic (exact) mass is 385 g/mol. The van der Waals surface area contributed by atoms with Crippen molar-refractivity contribution in [1.82, 2.24) is 10.2 Å². The highest BCUT2D eigenvalue weighted by atomic mass is 35.5. The van der Waals surface area contributed by atoms with Crippen LogP contribution in [0.5, 0.6) is 0 Å². The molecule has 27 heavy (non-hydrogen) atoms. The number of carbonyl (C=O) groups is 2. The molecule has 3 rings (SSSR count). The molecule has 0 radical (unpaired) electrons. The van der Waals surface area contributed by atoms with E-state index < -0.39 is 5.91 Å². The van der Waals surface area contributed by atoms with Crippen LogP contribution in [0.1, 0.15) is 35.7 Å². The van der Waals surface area contributed by atoms with Crippen molar-refractivity contribution in [3.05, 3.63) is 58.6 Å². The zero-order valence-corrected chi connectivity index (χ0v) is 16.1. The molecule has 2 amide bonds. The zero-order valence-electron chi connectivity index (χ0n) is 15.4. The molecule has 3 N–H and O–H groups in total.